The quantitative estimate of drug-likeness (QED) is 0.685. The Bertz CT molecular complexity index is 451. The number of Topliss-reactive ketones (excluding diaryl/α,β-unsaturated/α-hetero) is 1. The van der Waals surface area contributed by atoms with Gasteiger partial charge in [0.25, 0.3) is 0 Å². The molecule has 4 nitrogen and oxygen atoms in total. The summed E-state index contributed by atoms with van der Waals surface area (Å²) in [5.41, 5.74) is 5.84. The summed E-state index contributed by atoms with van der Waals surface area (Å²) in [5.74, 6) is -0.917. The second-order valence-electron chi connectivity index (χ2n) is 3.39. The molecule has 18 heavy (non-hydrogen) atoms. The van der Waals surface area contributed by atoms with Crippen LogP contribution in [0.4, 0.5) is 0 Å². The third kappa shape index (κ3) is 4.46. The van der Waals surface area contributed by atoms with Crippen LogP contribution in [-0.2, 0) is 9.53 Å². The number of methoxy groups -OCH3 is 1. The third-order valence-corrected chi connectivity index (χ3v) is 2.89. The van der Waals surface area contributed by atoms with Crippen molar-refractivity contribution in [2.75, 3.05) is 7.11 Å². The van der Waals surface area contributed by atoms with Gasteiger partial charge in [0.05, 0.1) is 17.2 Å². The molecule has 0 aliphatic rings. The Labute approximate surface area is 121 Å². The number of nitrogens with two attached hydrogens (primary N) is 1. The maximum atomic E-state index is 11.7. The van der Waals surface area contributed by atoms with E-state index in [9.17, 15) is 9.59 Å². The number of esters is 1. The summed E-state index contributed by atoms with van der Waals surface area (Å²) in [6, 6.07) is 3.51. The van der Waals surface area contributed by atoms with E-state index in [4.69, 9.17) is 28.9 Å². The molecule has 100 valence electrons. The molecule has 0 spiro atoms. The van der Waals surface area contributed by atoms with Gasteiger partial charge in [0.1, 0.15) is 6.04 Å². The lowest BCUT2D eigenvalue weighted by Crippen LogP contribution is -2.33. The molecule has 0 bridgehead atoms. The molecular formula is C11H12Cl3NO3. The van der Waals surface area contributed by atoms with Crippen LogP contribution in [0.3, 0.4) is 0 Å². The van der Waals surface area contributed by atoms with E-state index in [1.165, 1.54) is 25.3 Å². The summed E-state index contributed by atoms with van der Waals surface area (Å²) in [7, 11) is 1.21. The van der Waals surface area contributed by atoms with Gasteiger partial charge in [-0.3, -0.25) is 9.59 Å². The molecule has 0 amide bonds. The second kappa shape index (κ2) is 7.59. The molecule has 0 saturated carbocycles. The molecule has 1 rings (SSSR count). The molecule has 0 aliphatic heterocycles. The molecule has 1 aromatic rings. The number of hydrogen-bond acceptors (Lipinski definition) is 4. The summed E-state index contributed by atoms with van der Waals surface area (Å²) in [5, 5.41) is 0.643. The molecule has 1 atom stereocenters. The number of halogens is 3. The van der Waals surface area contributed by atoms with Crippen molar-refractivity contribution >= 4 is 47.4 Å². The lowest BCUT2D eigenvalue weighted by atomic mass is 10.0. The van der Waals surface area contributed by atoms with Gasteiger partial charge in [-0.2, -0.15) is 0 Å². The van der Waals surface area contributed by atoms with Gasteiger partial charge in [0, 0.05) is 12.0 Å². The minimum atomic E-state index is -0.970. The zero-order valence-electron chi connectivity index (χ0n) is 9.48. The number of carbonyl (C=O) groups is 2. The molecule has 0 fully saturated rings. The van der Waals surface area contributed by atoms with Crippen LogP contribution in [0.15, 0.2) is 18.2 Å². The number of hydrogen-bond donors (Lipinski definition) is 1. The van der Waals surface area contributed by atoms with Crippen LogP contribution in [0.2, 0.25) is 10.0 Å². The highest BCUT2D eigenvalue weighted by molar-refractivity contribution is 6.42. The van der Waals surface area contributed by atoms with Crippen molar-refractivity contribution in [2.24, 2.45) is 5.73 Å². The predicted molar refractivity (Wildman–Crippen MR) is 72.6 cm³/mol. The number of carbonyl (C=O) groups excluding carboxylic acids is 2. The molecule has 7 heteroatoms. The number of benzene rings is 1. The molecule has 0 heterocycles. The summed E-state index contributed by atoms with van der Waals surface area (Å²) in [4.78, 5) is 22.8. The van der Waals surface area contributed by atoms with E-state index < -0.39 is 12.0 Å². The zero-order chi connectivity index (χ0) is 13.0. The van der Waals surface area contributed by atoms with Crippen molar-refractivity contribution in [1.29, 1.82) is 0 Å². The van der Waals surface area contributed by atoms with E-state index in [0.29, 0.717) is 10.6 Å². The first-order valence-electron chi connectivity index (χ1n) is 4.77. The van der Waals surface area contributed by atoms with Gasteiger partial charge in [-0.1, -0.05) is 23.2 Å². The van der Waals surface area contributed by atoms with Crippen molar-refractivity contribution in [3.05, 3.63) is 33.8 Å². The summed E-state index contributed by atoms with van der Waals surface area (Å²) < 4.78 is 4.43. The third-order valence-electron chi connectivity index (χ3n) is 2.15. The summed E-state index contributed by atoms with van der Waals surface area (Å²) in [6.07, 6.45) is -0.134. The van der Waals surface area contributed by atoms with E-state index >= 15 is 0 Å². The van der Waals surface area contributed by atoms with Crippen LogP contribution in [-0.4, -0.2) is 24.9 Å². The second-order valence-corrected chi connectivity index (χ2v) is 4.20. The molecule has 0 aliphatic carbocycles. The van der Waals surface area contributed by atoms with Crippen LogP contribution < -0.4 is 5.73 Å². The van der Waals surface area contributed by atoms with E-state index in [-0.39, 0.29) is 29.6 Å². The first-order valence-corrected chi connectivity index (χ1v) is 5.53. The predicted octanol–water partition coefficient (Wildman–Crippen LogP) is 2.49. The Balaban J connectivity index is 0.00000289. The highest BCUT2D eigenvalue weighted by Crippen LogP contribution is 2.23. The smallest absolute Gasteiger partial charge is 0.323 e. The zero-order valence-corrected chi connectivity index (χ0v) is 11.8. The number of ketones is 1. The molecule has 1 aromatic carbocycles. The largest absolute Gasteiger partial charge is 0.468 e. The monoisotopic (exact) mass is 311 g/mol. The van der Waals surface area contributed by atoms with Crippen LogP contribution in [0.1, 0.15) is 16.8 Å². The van der Waals surface area contributed by atoms with Crippen molar-refractivity contribution in [1.82, 2.24) is 0 Å². The van der Waals surface area contributed by atoms with Crippen molar-refractivity contribution < 1.29 is 14.3 Å². The first kappa shape index (κ1) is 17.2. The van der Waals surface area contributed by atoms with Crippen molar-refractivity contribution in [3.8, 4) is 0 Å². The standard InChI is InChI=1S/C11H11Cl2NO3.ClH/c1-17-11(16)9(14)5-10(15)6-2-3-7(12)8(13)4-6;/h2-4,9H,5,14H2,1H3;1H. The minimum absolute atomic E-state index is 0. The van der Waals surface area contributed by atoms with Gasteiger partial charge < -0.3 is 10.5 Å². The van der Waals surface area contributed by atoms with E-state index in [2.05, 4.69) is 4.74 Å². The molecule has 0 aromatic heterocycles. The normalized spacial score (nSPS) is 11.3. The summed E-state index contributed by atoms with van der Waals surface area (Å²) >= 11 is 11.5. The maximum Gasteiger partial charge on any atom is 0.323 e. The van der Waals surface area contributed by atoms with Gasteiger partial charge in [0.15, 0.2) is 5.78 Å². The molecule has 0 radical (unpaired) electrons. The fraction of sp³-hybridized carbons (Fsp3) is 0.273. The van der Waals surface area contributed by atoms with Gasteiger partial charge in [-0.05, 0) is 18.2 Å². The Morgan fingerprint density at radius 1 is 1.33 bits per heavy atom. The van der Waals surface area contributed by atoms with Crippen LogP contribution in [0.5, 0.6) is 0 Å². The fourth-order valence-electron chi connectivity index (χ4n) is 1.22. The lowest BCUT2D eigenvalue weighted by molar-refractivity contribution is -0.142. The van der Waals surface area contributed by atoms with E-state index in [1.54, 1.807) is 0 Å². The van der Waals surface area contributed by atoms with Gasteiger partial charge >= 0.3 is 5.97 Å². The summed E-state index contributed by atoms with van der Waals surface area (Å²) in [6.45, 7) is 0. The van der Waals surface area contributed by atoms with Gasteiger partial charge in [-0.25, -0.2) is 0 Å². The number of ether oxygens (including phenoxy) is 1. The molecular weight excluding hydrogens is 300 g/mol. The molecule has 2 N–H and O–H groups in total. The first-order chi connectivity index (χ1) is 7.95. The maximum absolute atomic E-state index is 11.7. The average molecular weight is 313 g/mol. The molecule has 0 saturated heterocycles. The van der Waals surface area contributed by atoms with E-state index in [0.717, 1.165) is 0 Å². The van der Waals surface area contributed by atoms with Crippen molar-refractivity contribution in [2.45, 2.75) is 12.5 Å². The highest BCUT2D eigenvalue weighted by atomic mass is 35.5. The SMILES string of the molecule is COC(=O)C(N)CC(=O)c1ccc(Cl)c(Cl)c1.Cl. The van der Waals surface area contributed by atoms with E-state index in [1.807, 2.05) is 0 Å². The Kier molecular flexibility index (Phi) is 7.25. The van der Waals surface area contributed by atoms with Crippen LogP contribution in [0.25, 0.3) is 0 Å². The van der Waals surface area contributed by atoms with Gasteiger partial charge in [0.2, 0.25) is 0 Å². The Hall–Kier alpha value is -0.810. The number of rotatable bonds is 4. The minimum Gasteiger partial charge on any atom is -0.468 e. The van der Waals surface area contributed by atoms with Crippen LogP contribution in [0, 0.1) is 0 Å². The Morgan fingerprint density at radius 2 is 1.94 bits per heavy atom. The topological polar surface area (TPSA) is 69.4 Å². The highest BCUT2D eigenvalue weighted by Gasteiger charge is 2.19. The average Bonchev–Trinajstić information content (AvgIpc) is 2.31. The van der Waals surface area contributed by atoms with Gasteiger partial charge in [-0.15, -0.1) is 12.4 Å². The van der Waals surface area contributed by atoms with Crippen molar-refractivity contribution in [3.63, 3.8) is 0 Å². The lowest BCUT2D eigenvalue weighted by Gasteiger charge is -2.08. The fourth-order valence-corrected chi connectivity index (χ4v) is 1.52. The molecule has 1 unspecified atom stereocenters. The Morgan fingerprint density at radius 3 is 2.44 bits per heavy atom. The van der Waals surface area contributed by atoms with Crippen LogP contribution >= 0.6 is 35.6 Å².